The minimum absolute atomic E-state index is 0.00633. The molecule has 1 atom stereocenters. The number of thioether (sulfide) groups is 1. The standard InChI is InChI=1S/C14H19NO2S/c1-10(11(2)16)15(12(3)17)9-13-7-5-6-8-14(13)18-4/h5-8,10H,9H2,1-4H3. The molecule has 0 saturated heterocycles. The number of hydrogen-bond acceptors (Lipinski definition) is 3. The fourth-order valence-corrected chi connectivity index (χ4v) is 2.37. The Bertz CT molecular complexity index is 445. The molecule has 1 aromatic carbocycles. The highest BCUT2D eigenvalue weighted by Crippen LogP contribution is 2.22. The number of carbonyl (C=O) groups excluding carboxylic acids is 2. The largest absolute Gasteiger partial charge is 0.329 e. The molecule has 1 unspecified atom stereocenters. The first-order valence-corrected chi connectivity index (χ1v) is 7.09. The van der Waals surface area contributed by atoms with Crippen molar-refractivity contribution in [2.75, 3.05) is 6.26 Å². The lowest BCUT2D eigenvalue weighted by Crippen LogP contribution is -2.40. The van der Waals surface area contributed by atoms with Crippen LogP contribution in [0.25, 0.3) is 0 Å². The number of carbonyl (C=O) groups is 2. The van der Waals surface area contributed by atoms with Gasteiger partial charge in [0.05, 0.1) is 6.04 Å². The highest BCUT2D eigenvalue weighted by Gasteiger charge is 2.21. The van der Waals surface area contributed by atoms with Crippen molar-refractivity contribution < 1.29 is 9.59 Å². The van der Waals surface area contributed by atoms with Crippen LogP contribution >= 0.6 is 11.8 Å². The van der Waals surface area contributed by atoms with Crippen LogP contribution in [0.5, 0.6) is 0 Å². The minimum atomic E-state index is -0.377. The number of Topliss-reactive ketones (excluding diaryl/α,β-unsaturated/α-hetero) is 1. The van der Waals surface area contributed by atoms with Gasteiger partial charge in [0.15, 0.2) is 5.78 Å². The molecule has 1 rings (SSSR count). The second-order valence-electron chi connectivity index (χ2n) is 4.25. The predicted octanol–water partition coefficient (Wildman–Crippen LogP) is 2.73. The molecule has 0 N–H and O–H groups in total. The Morgan fingerprint density at radius 2 is 1.89 bits per heavy atom. The van der Waals surface area contributed by atoms with E-state index in [1.54, 1.807) is 23.6 Å². The molecule has 0 spiro atoms. The number of rotatable bonds is 5. The topological polar surface area (TPSA) is 37.4 Å². The van der Waals surface area contributed by atoms with Crippen LogP contribution in [-0.2, 0) is 16.1 Å². The van der Waals surface area contributed by atoms with Gasteiger partial charge >= 0.3 is 0 Å². The molecule has 98 valence electrons. The Labute approximate surface area is 113 Å². The molecular formula is C14H19NO2S. The Morgan fingerprint density at radius 3 is 2.39 bits per heavy atom. The molecule has 0 aliphatic heterocycles. The number of benzene rings is 1. The van der Waals surface area contributed by atoms with Crippen molar-refractivity contribution in [3.63, 3.8) is 0 Å². The third kappa shape index (κ3) is 3.60. The van der Waals surface area contributed by atoms with E-state index in [9.17, 15) is 9.59 Å². The minimum Gasteiger partial charge on any atom is -0.329 e. The summed E-state index contributed by atoms with van der Waals surface area (Å²) in [4.78, 5) is 25.8. The number of hydrogen-bond donors (Lipinski definition) is 0. The SMILES string of the molecule is CSc1ccccc1CN(C(C)=O)C(C)C(C)=O. The van der Waals surface area contributed by atoms with Crippen molar-refractivity contribution in [3.8, 4) is 0 Å². The molecule has 18 heavy (non-hydrogen) atoms. The molecule has 0 aromatic heterocycles. The lowest BCUT2D eigenvalue weighted by atomic mass is 10.1. The van der Waals surface area contributed by atoms with Crippen molar-refractivity contribution in [1.29, 1.82) is 0 Å². The third-order valence-electron chi connectivity index (χ3n) is 2.99. The Balaban J connectivity index is 2.97. The molecular weight excluding hydrogens is 246 g/mol. The van der Waals surface area contributed by atoms with E-state index in [1.165, 1.54) is 13.8 Å². The van der Waals surface area contributed by atoms with E-state index in [2.05, 4.69) is 0 Å². The van der Waals surface area contributed by atoms with Crippen LogP contribution in [0.3, 0.4) is 0 Å². The van der Waals surface area contributed by atoms with Gasteiger partial charge in [0.25, 0.3) is 0 Å². The van der Waals surface area contributed by atoms with Gasteiger partial charge < -0.3 is 4.90 Å². The lowest BCUT2D eigenvalue weighted by molar-refractivity contribution is -0.137. The molecule has 0 heterocycles. The van der Waals surface area contributed by atoms with Crippen LogP contribution in [-0.4, -0.2) is 28.9 Å². The van der Waals surface area contributed by atoms with Gasteiger partial charge in [-0.15, -0.1) is 11.8 Å². The van der Waals surface area contributed by atoms with E-state index >= 15 is 0 Å². The summed E-state index contributed by atoms with van der Waals surface area (Å²) >= 11 is 1.65. The summed E-state index contributed by atoms with van der Waals surface area (Å²) in [7, 11) is 0. The zero-order valence-electron chi connectivity index (χ0n) is 11.3. The molecule has 0 radical (unpaired) electrons. The van der Waals surface area contributed by atoms with Crippen molar-refractivity contribution >= 4 is 23.5 Å². The van der Waals surface area contributed by atoms with E-state index in [1.807, 2.05) is 30.5 Å². The average molecular weight is 265 g/mol. The molecule has 0 saturated carbocycles. The van der Waals surface area contributed by atoms with Crippen molar-refractivity contribution in [2.45, 2.75) is 38.3 Å². The van der Waals surface area contributed by atoms with Crippen LogP contribution in [0.2, 0.25) is 0 Å². The average Bonchev–Trinajstić information content (AvgIpc) is 2.35. The second-order valence-corrected chi connectivity index (χ2v) is 5.09. The summed E-state index contributed by atoms with van der Waals surface area (Å²) in [5, 5.41) is 0. The second kappa shape index (κ2) is 6.59. The highest BCUT2D eigenvalue weighted by atomic mass is 32.2. The normalized spacial score (nSPS) is 12.0. The summed E-state index contributed by atoms with van der Waals surface area (Å²) in [6, 6.07) is 7.57. The first-order valence-electron chi connectivity index (χ1n) is 5.87. The summed E-state index contributed by atoms with van der Waals surface area (Å²) in [6.45, 7) is 5.26. The molecule has 1 amide bonds. The quantitative estimate of drug-likeness (QED) is 0.768. The number of nitrogens with zero attached hydrogens (tertiary/aromatic N) is 1. The molecule has 0 fully saturated rings. The van der Waals surface area contributed by atoms with Gasteiger partial charge in [-0.2, -0.15) is 0 Å². The van der Waals surface area contributed by atoms with Gasteiger partial charge in [0.2, 0.25) is 5.91 Å². The zero-order chi connectivity index (χ0) is 13.7. The zero-order valence-corrected chi connectivity index (χ0v) is 12.1. The fraction of sp³-hybridized carbons (Fsp3) is 0.429. The maximum absolute atomic E-state index is 11.7. The molecule has 0 aliphatic rings. The fourth-order valence-electron chi connectivity index (χ4n) is 1.76. The Hall–Kier alpha value is -1.29. The summed E-state index contributed by atoms with van der Waals surface area (Å²) in [5.41, 5.74) is 1.08. The van der Waals surface area contributed by atoms with Gasteiger partial charge in [0.1, 0.15) is 0 Å². The Morgan fingerprint density at radius 1 is 1.28 bits per heavy atom. The van der Waals surface area contributed by atoms with Crippen molar-refractivity contribution in [1.82, 2.24) is 4.90 Å². The number of amides is 1. The summed E-state index contributed by atoms with van der Waals surface area (Å²) < 4.78 is 0. The van der Waals surface area contributed by atoms with Crippen LogP contribution in [0, 0.1) is 0 Å². The maximum atomic E-state index is 11.7. The van der Waals surface area contributed by atoms with E-state index < -0.39 is 0 Å². The molecule has 4 heteroatoms. The first kappa shape index (κ1) is 14.8. The van der Waals surface area contributed by atoms with E-state index in [4.69, 9.17) is 0 Å². The lowest BCUT2D eigenvalue weighted by Gasteiger charge is -2.27. The molecule has 3 nitrogen and oxygen atoms in total. The monoisotopic (exact) mass is 265 g/mol. The van der Waals surface area contributed by atoms with Gasteiger partial charge in [-0.1, -0.05) is 18.2 Å². The van der Waals surface area contributed by atoms with E-state index in [0.717, 1.165) is 10.5 Å². The van der Waals surface area contributed by atoms with Gasteiger partial charge in [-0.3, -0.25) is 9.59 Å². The molecule has 0 bridgehead atoms. The summed E-state index contributed by atoms with van der Waals surface area (Å²) in [6.07, 6.45) is 2.01. The van der Waals surface area contributed by atoms with Crippen LogP contribution in [0.4, 0.5) is 0 Å². The van der Waals surface area contributed by atoms with Crippen molar-refractivity contribution in [2.24, 2.45) is 0 Å². The van der Waals surface area contributed by atoms with Crippen LogP contribution < -0.4 is 0 Å². The van der Waals surface area contributed by atoms with E-state index in [-0.39, 0.29) is 17.7 Å². The number of ketones is 1. The smallest absolute Gasteiger partial charge is 0.220 e. The summed E-state index contributed by atoms with van der Waals surface area (Å²) in [5.74, 6) is -0.0690. The van der Waals surface area contributed by atoms with Crippen LogP contribution in [0.1, 0.15) is 26.3 Å². The van der Waals surface area contributed by atoms with E-state index in [0.29, 0.717) is 6.54 Å². The predicted molar refractivity (Wildman–Crippen MR) is 74.6 cm³/mol. The highest BCUT2D eigenvalue weighted by molar-refractivity contribution is 7.98. The first-order chi connectivity index (χ1) is 8.47. The molecule has 0 aliphatic carbocycles. The maximum Gasteiger partial charge on any atom is 0.220 e. The third-order valence-corrected chi connectivity index (χ3v) is 3.83. The van der Waals surface area contributed by atoms with Gasteiger partial charge in [-0.05, 0) is 31.7 Å². The van der Waals surface area contributed by atoms with Crippen molar-refractivity contribution in [3.05, 3.63) is 29.8 Å². The molecule has 1 aromatic rings. The van der Waals surface area contributed by atoms with Crippen LogP contribution in [0.15, 0.2) is 29.2 Å². The van der Waals surface area contributed by atoms with Gasteiger partial charge in [0, 0.05) is 18.4 Å². The Kier molecular flexibility index (Phi) is 5.41. The van der Waals surface area contributed by atoms with Gasteiger partial charge in [-0.25, -0.2) is 0 Å².